The van der Waals surface area contributed by atoms with Crippen molar-refractivity contribution >= 4 is 17.5 Å². The van der Waals surface area contributed by atoms with E-state index in [4.69, 9.17) is 9.15 Å². The number of anilines is 1. The van der Waals surface area contributed by atoms with Crippen LogP contribution in [-0.4, -0.2) is 35.5 Å². The summed E-state index contributed by atoms with van der Waals surface area (Å²) in [5.41, 5.74) is 1.18. The van der Waals surface area contributed by atoms with Gasteiger partial charge in [0.25, 0.3) is 11.8 Å². The van der Waals surface area contributed by atoms with Crippen LogP contribution < -0.4 is 5.32 Å². The highest BCUT2D eigenvalue weighted by Crippen LogP contribution is 2.30. The second kappa shape index (κ2) is 7.56. The monoisotopic (exact) mass is 368 g/mol. The average Bonchev–Trinajstić information content (AvgIpc) is 3.18. The topological polar surface area (TPSA) is 71.8 Å². The maximum atomic E-state index is 13.1. The first-order chi connectivity index (χ1) is 13.1. The summed E-state index contributed by atoms with van der Waals surface area (Å²) < 4.78 is 11.1. The Labute approximate surface area is 158 Å². The number of hydrogen-bond acceptors (Lipinski definition) is 4. The quantitative estimate of drug-likeness (QED) is 0.847. The molecule has 2 aliphatic rings. The molecule has 2 amide bonds. The molecule has 2 heterocycles. The molecule has 142 valence electrons. The standard InChI is InChI=1S/C21H24N2O4/c1-14-7-10-18(27-14)13-23(17-8-9-17)21(25)15-4-2-5-16(12-15)22-20(24)19-6-3-11-26-19/h2,4-5,7,10,12,17,19H,3,6,8-9,11,13H2,1H3,(H,22,24)/t19-/m1/s1. The van der Waals surface area contributed by atoms with Gasteiger partial charge in [0.15, 0.2) is 0 Å². The smallest absolute Gasteiger partial charge is 0.254 e. The zero-order chi connectivity index (χ0) is 18.8. The van der Waals surface area contributed by atoms with E-state index in [-0.39, 0.29) is 17.9 Å². The van der Waals surface area contributed by atoms with Gasteiger partial charge in [-0.2, -0.15) is 0 Å². The molecule has 0 spiro atoms. The van der Waals surface area contributed by atoms with Crippen molar-refractivity contribution in [2.75, 3.05) is 11.9 Å². The predicted octanol–water partition coefficient (Wildman–Crippen LogP) is 3.51. The normalized spacial score (nSPS) is 19.1. The van der Waals surface area contributed by atoms with E-state index in [2.05, 4.69) is 5.32 Å². The summed E-state index contributed by atoms with van der Waals surface area (Å²) in [6.45, 7) is 2.98. The molecule has 0 bridgehead atoms. The first-order valence-electron chi connectivity index (χ1n) is 9.49. The summed E-state index contributed by atoms with van der Waals surface area (Å²) in [6.07, 6.45) is 3.28. The Balaban J connectivity index is 1.47. The number of benzene rings is 1. The van der Waals surface area contributed by atoms with Crippen molar-refractivity contribution in [3.63, 3.8) is 0 Å². The van der Waals surface area contributed by atoms with E-state index in [0.717, 1.165) is 37.2 Å². The largest absolute Gasteiger partial charge is 0.464 e. The first kappa shape index (κ1) is 17.8. The number of nitrogens with zero attached hydrogens (tertiary/aromatic N) is 1. The molecule has 1 saturated carbocycles. The molecule has 1 aliphatic heterocycles. The van der Waals surface area contributed by atoms with Gasteiger partial charge in [0, 0.05) is 23.9 Å². The van der Waals surface area contributed by atoms with Crippen LogP contribution in [0, 0.1) is 6.92 Å². The van der Waals surface area contributed by atoms with Crippen molar-refractivity contribution in [3.8, 4) is 0 Å². The van der Waals surface area contributed by atoms with Gasteiger partial charge in [-0.1, -0.05) is 6.07 Å². The average molecular weight is 368 g/mol. The molecular formula is C21H24N2O4. The van der Waals surface area contributed by atoms with Crippen molar-refractivity contribution in [2.45, 2.75) is 51.3 Å². The second-order valence-corrected chi connectivity index (χ2v) is 7.25. The van der Waals surface area contributed by atoms with Gasteiger partial charge in [-0.15, -0.1) is 0 Å². The van der Waals surface area contributed by atoms with E-state index >= 15 is 0 Å². The molecular weight excluding hydrogens is 344 g/mol. The Morgan fingerprint density at radius 2 is 2.04 bits per heavy atom. The molecule has 1 atom stereocenters. The maximum Gasteiger partial charge on any atom is 0.254 e. The Morgan fingerprint density at radius 1 is 1.19 bits per heavy atom. The highest BCUT2D eigenvalue weighted by Gasteiger charge is 2.34. The van der Waals surface area contributed by atoms with Crippen LogP contribution in [0.4, 0.5) is 5.69 Å². The third kappa shape index (κ3) is 4.22. The lowest BCUT2D eigenvalue weighted by Crippen LogP contribution is -2.32. The van der Waals surface area contributed by atoms with Crippen LogP contribution in [0.1, 0.15) is 47.6 Å². The summed E-state index contributed by atoms with van der Waals surface area (Å²) in [5, 5.41) is 2.86. The third-order valence-corrected chi connectivity index (χ3v) is 4.97. The van der Waals surface area contributed by atoms with E-state index in [1.165, 1.54) is 0 Å². The van der Waals surface area contributed by atoms with E-state index in [1.807, 2.05) is 24.0 Å². The summed E-state index contributed by atoms with van der Waals surface area (Å²) in [6, 6.07) is 11.2. The van der Waals surface area contributed by atoms with Gasteiger partial charge < -0.3 is 19.4 Å². The lowest BCUT2D eigenvalue weighted by molar-refractivity contribution is -0.124. The minimum atomic E-state index is -0.394. The molecule has 1 N–H and O–H groups in total. The number of carbonyl (C=O) groups is 2. The molecule has 1 aromatic heterocycles. The number of rotatable bonds is 6. The Bertz CT molecular complexity index is 834. The van der Waals surface area contributed by atoms with Crippen LogP contribution >= 0.6 is 0 Å². The van der Waals surface area contributed by atoms with E-state index in [1.54, 1.807) is 24.3 Å². The first-order valence-corrected chi connectivity index (χ1v) is 9.49. The van der Waals surface area contributed by atoms with Crippen molar-refractivity contribution in [2.24, 2.45) is 0 Å². The number of amides is 2. The van der Waals surface area contributed by atoms with Gasteiger partial charge in [0.1, 0.15) is 17.6 Å². The summed E-state index contributed by atoms with van der Waals surface area (Å²) >= 11 is 0. The summed E-state index contributed by atoms with van der Waals surface area (Å²) in [7, 11) is 0. The predicted molar refractivity (Wildman–Crippen MR) is 100 cm³/mol. The van der Waals surface area contributed by atoms with Gasteiger partial charge in [-0.25, -0.2) is 0 Å². The van der Waals surface area contributed by atoms with Crippen LogP contribution in [0.25, 0.3) is 0 Å². The fourth-order valence-electron chi connectivity index (χ4n) is 3.39. The fourth-order valence-corrected chi connectivity index (χ4v) is 3.39. The van der Waals surface area contributed by atoms with Crippen molar-refractivity contribution in [3.05, 3.63) is 53.5 Å². The Morgan fingerprint density at radius 3 is 2.70 bits per heavy atom. The summed E-state index contributed by atoms with van der Waals surface area (Å²) in [5.74, 6) is 1.43. The molecule has 2 fully saturated rings. The molecule has 0 unspecified atom stereocenters. The van der Waals surface area contributed by atoms with Gasteiger partial charge in [0.05, 0.1) is 6.54 Å². The third-order valence-electron chi connectivity index (χ3n) is 4.97. The minimum Gasteiger partial charge on any atom is -0.464 e. The molecule has 27 heavy (non-hydrogen) atoms. The van der Waals surface area contributed by atoms with Crippen LogP contribution in [0.2, 0.25) is 0 Å². The number of hydrogen-bond donors (Lipinski definition) is 1. The number of ether oxygens (including phenoxy) is 1. The van der Waals surface area contributed by atoms with E-state index in [9.17, 15) is 9.59 Å². The van der Waals surface area contributed by atoms with Gasteiger partial charge in [-0.3, -0.25) is 9.59 Å². The lowest BCUT2D eigenvalue weighted by Gasteiger charge is -2.22. The maximum absolute atomic E-state index is 13.1. The van der Waals surface area contributed by atoms with Crippen LogP contribution in [-0.2, 0) is 16.1 Å². The number of furan rings is 1. The summed E-state index contributed by atoms with van der Waals surface area (Å²) in [4.78, 5) is 27.2. The molecule has 4 rings (SSSR count). The molecule has 6 heteroatoms. The number of aryl methyl sites for hydroxylation is 1. The van der Waals surface area contributed by atoms with Crippen molar-refractivity contribution < 1.29 is 18.7 Å². The van der Waals surface area contributed by atoms with E-state index < -0.39 is 6.10 Å². The molecule has 1 saturated heterocycles. The molecule has 0 radical (unpaired) electrons. The van der Waals surface area contributed by atoms with Gasteiger partial charge in [-0.05, 0) is 62.9 Å². The lowest BCUT2D eigenvalue weighted by atomic mass is 10.1. The molecule has 6 nitrogen and oxygen atoms in total. The molecule has 1 aliphatic carbocycles. The Hall–Kier alpha value is -2.60. The van der Waals surface area contributed by atoms with Crippen molar-refractivity contribution in [1.82, 2.24) is 4.90 Å². The SMILES string of the molecule is Cc1ccc(CN(C(=O)c2cccc(NC(=O)[C@H]3CCCO3)c2)C2CC2)o1. The van der Waals surface area contributed by atoms with Gasteiger partial charge in [0.2, 0.25) is 0 Å². The molecule has 2 aromatic rings. The highest BCUT2D eigenvalue weighted by atomic mass is 16.5. The van der Waals surface area contributed by atoms with Crippen LogP contribution in [0.3, 0.4) is 0 Å². The fraction of sp³-hybridized carbons (Fsp3) is 0.429. The number of nitrogens with one attached hydrogen (secondary N) is 1. The van der Waals surface area contributed by atoms with E-state index in [0.29, 0.717) is 24.4 Å². The second-order valence-electron chi connectivity index (χ2n) is 7.25. The minimum absolute atomic E-state index is 0.0419. The number of carbonyl (C=O) groups excluding carboxylic acids is 2. The van der Waals surface area contributed by atoms with Gasteiger partial charge >= 0.3 is 0 Å². The molecule has 1 aromatic carbocycles. The highest BCUT2D eigenvalue weighted by molar-refractivity contribution is 5.98. The van der Waals surface area contributed by atoms with Crippen LogP contribution in [0.15, 0.2) is 40.8 Å². The van der Waals surface area contributed by atoms with Crippen LogP contribution in [0.5, 0.6) is 0 Å². The van der Waals surface area contributed by atoms with Crippen molar-refractivity contribution in [1.29, 1.82) is 0 Å². The zero-order valence-electron chi connectivity index (χ0n) is 15.4. The Kier molecular flexibility index (Phi) is 4.99. The zero-order valence-corrected chi connectivity index (χ0v) is 15.4.